The van der Waals surface area contributed by atoms with E-state index in [1.807, 2.05) is 54.6 Å². The van der Waals surface area contributed by atoms with E-state index in [1.165, 1.54) is 4.90 Å². The van der Waals surface area contributed by atoms with E-state index in [9.17, 15) is 9.59 Å². The Morgan fingerprint density at radius 1 is 0.892 bits per heavy atom. The molecule has 1 fully saturated rings. The average Bonchev–Trinajstić information content (AvgIpc) is 3.17. The van der Waals surface area contributed by atoms with E-state index < -0.39 is 0 Å². The summed E-state index contributed by atoms with van der Waals surface area (Å²) in [7, 11) is 1.54. The molecule has 0 bridgehead atoms. The highest BCUT2D eigenvalue weighted by atomic mass is 35.5. The lowest BCUT2D eigenvalue weighted by molar-refractivity contribution is -0.123. The van der Waals surface area contributed by atoms with Crippen LogP contribution in [0.5, 0.6) is 11.5 Å². The van der Waals surface area contributed by atoms with Crippen molar-refractivity contribution in [2.45, 2.75) is 13.2 Å². The number of imide groups is 1. The number of amides is 2. The van der Waals surface area contributed by atoms with Gasteiger partial charge >= 0.3 is 0 Å². The molecule has 0 aromatic heterocycles. The maximum atomic E-state index is 13.1. The van der Waals surface area contributed by atoms with Crippen LogP contribution >= 0.6 is 35.0 Å². The first-order valence-electron chi connectivity index (χ1n) is 11.4. The lowest BCUT2D eigenvalue weighted by Crippen LogP contribution is -2.27. The molecule has 37 heavy (non-hydrogen) atoms. The predicted octanol–water partition coefficient (Wildman–Crippen LogP) is 7.97. The average molecular weight is 550 g/mol. The third kappa shape index (κ3) is 5.47. The zero-order chi connectivity index (χ0) is 25.9. The van der Waals surface area contributed by atoms with Crippen molar-refractivity contribution in [1.82, 2.24) is 4.90 Å². The van der Waals surface area contributed by atoms with Gasteiger partial charge in [0, 0.05) is 0 Å². The molecule has 2 amide bonds. The second kappa shape index (κ2) is 10.9. The normalized spacial score (nSPS) is 14.6. The number of carbonyl (C=O) groups excluding carboxylic acids is 2. The van der Waals surface area contributed by atoms with Crippen LogP contribution < -0.4 is 9.47 Å². The SMILES string of the molecule is COc1cc(/C=C2/SC(=O)N(Cc3cccc4ccccc34)C2=O)ccc1OCc1ccc(Cl)c(Cl)c1. The molecular weight excluding hydrogens is 529 g/mol. The molecule has 1 aliphatic rings. The molecule has 0 aliphatic carbocycles. The summed E-state index contributed by atoms with van der Waals surface area (Å²) in [4.78, 5) is 27.5. The molecule has 186 valence electrons. The van der Waals surface area contributed by atoms with E-state index in [1.54, 1.807) is 37.5 Å². The third-order valence-corrected chi connectivity index (χ3v) is 7.59. The monoisotopic (exact) mass is 549 g/mol. The fraction of sp³-hybridized carbons (Fsp3) is 0.103. The van der Waals surface area contributed by atoms with Crippen LogP contribution in [0, 0.1) is 0 Å². The maximum absolute atomic E-state index is 13.1. The molecule has 0 saturated carbocycles. The predicted molar refractivity (Wildman–Crippen MR) is 149 cm³/mol. The molecule has 1 heterocycles. The molecule has 8 heteroatoms. The van der Waals surface area contributed by atoms with Crippen LogP contribution in [0.4, 0.5) is 4.79 Å². The second-order valence-electron chi connectivity index (χ2n) is 8.35. The lowest BCUT2D eigenvalue weighted by atomic mass is 10.0. The highest BCUT2D eigenvalue weighted by Gasteiger charge is 2.35. The quantitative estimate of drug-likeness (QED) is 0.219. The zero-order valence-corrected chi connectivity index (χ0v) is 22.1. The molecule has 4 aromatic rings. The van der Waals surface area contributed by atoms with Crippen molar-refractivity contribution in [3.63, 3.8) is 0 Å². The van der Waals surface area contributed by atoms with Crippen molar-refractivity contribution in [2.24, 2.45) is 0 Å². The number of thioether (sulfide) groups is 1. The zero-order valence-electron chi connectivity index (χ0n) is 19.7. The topological polar surface area (TPSA) is 55.8 Å². The van der Waals surface area contributed by atoms with Crippen LogP contribution in [0.2, 0.25) is 10.0 Å². The van der Waals surface area contributed by atoms with Gasteiger partial charge in [-0.2, -0.15) is 0 Å². The summed E-state index contributed by atoms with van der Waals surface area (Å²) >= 11 is 13.0. The molecule has 1 saturated heterocycles. The number of ether oxygens (including phenoxy) is 2. The Kier molecular flexibility index (Phi) is 7.42. The Balaban J connectivity index is 1.32. The first kappa shape index (κ1) is 25.2. The Morgan fingerprint density at radius 3 is 2.51 bits per heavy atom. The molecular formula is C29H21Cl2NO4S. The van der Waals surface area contributed by atoms with Gasteiger partial charge in [0.2, 0.25) is 0 Å². The molecule has 0 radical (unpaired) electrons. The Hall–Kier alpha value is -3.45. The minimum atomic E-state index is -0.318. The van der Waals surface area contributed by atoms with Crippen molar-refractivity contribution < 1.29 is 19.1 Å². The fourth-order valence-corrected chi connectivity index (χ4v) is 5.23. The van der Waals surface area contributed by atoms with E-state index >= 15 is 0 Å². The van der Waals surface area contributed by atoms with Gasteiger partial charge in [0.1, 0.15) is 6.61 Å². The highest BCUT2D eigenvalue weighted by Crippen LogP contribution is 2.36. The van der Waals surface area contributed by atoms with Crippen LogP contribution in [-0.2, 0) is 17.9 Å². The lowest BCUT2D eigenvalue weighted by Gasteiger charge is -2.14. The van der Waals surface area contributed by atoms with Crippen LogP contribution in [0.1, 0.15) is 16.7 Å². The second-order valence-corrected chi connectivity index (χ2v) is 10.2. The Bertz CT molecular complexity index is 1550. The van der Waals surface area contributed by atoms with Gasteiger partial charge in [0.25, 0.3) is 11.1 Å². The number of halogens is 2. The molecule has 4 aromatic carbocycles. The summed E-state index contributed by atoms with van der Waals surface area (Å²) < 4.78 is 11.4. The fourth-order valence-electron chi connectivity index (χ4n) is 4.07. The molecule has 0 spiro atoms. The van der Waals surface area contributed by atoms with Gasteiger partial charge in [0.15, 0.2) is 11.5 Å². The molecule has 0 atom stereocenters. The van der Waals surface area contributed by atoms with Crippen molar-refractivity contribution in [3.8, 4) is 11.5 Å². The molecule has 1 aliphatic heterocycles. The minimum Gasteiger partial charge on any atom is -0.493 e. The van der Waals surface area contributed by atoms with Crippen LogP contribution in [0.15, 0.2) is 83.8 Å². The van der Waals surface area contributed by atoms with E-state index in [2.05, 4.69) is 0 Å². The number of nitrogens with zero attached hydrogens (tertiary/aromatic N) is 1. The molecule has 5 nitrogen and oxygen atoms in total. The maximum Gasteiger partial charge on any atom is 0.293 e. The van der Waals surface area contributed by atoms with Crippen molar-refractivity contribution >= 4 is 63.0 Å². The minimum absolute atomic E-state index is 0.216. The van der Waals surface area contributed by atoms with E-state index in [-0.39, 0.29) is 24.3 Å². The van der Waals surface area contributed by atoms with Crippen molar-refractivity contribution in [1.29, 1.82) is 0 Å². The molecule has 0 unspecified atom stereocenters. The number of benzene rings is 4. The summed E-state index contributed by atoms with van der Waals surface area (Å²) in [5.41, 5.74) is 2.50. The van der Waals surface area contributed by atoms with Crippen LogP contribution in [-0.4, -0.2) is 23.2 Å². The third-order valence-electron chi connectivity index (χ3n) is 5.95. The number of carbonyl (C=O) groups is 2. The summed E-state index contributed by atoms with van der Waals surface area (Å²) in [6.45, 7) is 0.494. The van der Waals surface area contributed by atoms with Gasteiger partial charge in [-0.3, -0.25) is 14.5 Å². The first-order chi connectivity index (χ1) is 17.9. The summed E-state index contributed by atoms with van der Waals surface area (Å²) in [6, 6.07) is 24.5. The number of hydrogen-bond donors (Lipinski definition) is 0. The van der Waals surface area contributed by atoms with Gasteiger partial charge in [-0.1, -0.05) is 77.8 Å². The summed E-state index contributed by atoms with van der Waals surface area (Å²) in [5.74, 6) is 0.723. The number of hydrogen-bond acceptors (Lipinski definition) is 5. The summed E-state index contributed by atoms with van der Waals surface area (Å²) in [6.07, 6.45) is 1.69. The standard InChI is InChI=1S/C29H21Cl2NO4S/c1-35-26-14-18(10-12-25(26)36-17-19-9-11-23(30)24(31)13-19)15-27-28(33)32(29(34)37-27)16-21-7-4-6-20-5-2-3-8-22(20)21/h2-15H,16-17H2,1H3/b27-15+. The van der Waals surface area contributed by atoms with Gasteiger partial charge in [-0.05, 0) is 69.6 Å². The Labute approximate surface area is 228 Å². The van der Waals surface area contributed by atoms with Gasteiger partial charge in [0.05, 0.1) is 28.6 Å². The van der Waals surface area contributed by atoms with Crippen molar-refractivity contribution in [3.05, 3.63) is 111 Å². The van der Waals surface area contributed by atoms with Gasteiger partial charge < -0.3 is 9.47 Å². The van der Waals surface area contributed by atoms with Crippen LogP contribution in [0.25, 0.3) is 16.8 Å². The number of methoxy groups -OCH3 is 1. The van der Waals surface area contributed by atoms with E-state index in [0.717, 1.165) is 39.2 Å². The molecule has 0 N–H and O–H groups in total. The molecule has 5 rings (SSSR count). The van der Waals surface area contributed by atoms with Crippen molar-refractivity contribution in [2.75, 3.05) is 7.11 Å². The summed E-state index contributed by atoms with van der Waals surface area (Å²) in [5, 5.41) is 2.73. The largest absolute Gasteiger partial charge is 0.493 e. The van der Waals surface area contributed by atoms with Crippen LogP contribution in [0.3, 0.4) is 0 Å². The number of fused-ring (bicyclic) bond motifs is 1. The highest BCUT2D eigenvalue weighted by molar-refractivity contribution is 8.18. The first-order valence-corrected chi connectivity index (χ1v) is 13.0. The van der Waals surface area contributed by atoms with Gasteiger partial charge in [-0.15, -0.1) is 0 Å². The van der Waals surface area contributed by atoms with E-state index in [0.29, 0.717) is 26.4 Å². The van der Waals surface area contributed by atoms with Gasteiger partial charge in [-0.25, -0.2) is 0 Å². The smallest absolute Gasteiger partial charge is 0.293 e. The Morgan fingerprint density at radius 2 is 1.70 bits per heavy atom. The van der Waals surface area contributed by atoms with E-state index in [4.69, 9.17) is 32.7 Å². The number of rotatable bonds is 7.